The van der Waals surface area contributed by atoms with Gasteiger partial charge in [-0.05, 0) is 171 Å². The third-order valence-electron chi connectivity index (χ3n) is 12.7. The Balaban J connectivity index is 0.000000281. The summed E-state index contributed by atoms with van der Waals surface area (Å²) in [5.74, 6) is 0. The molecule has 0 heterocycles. The molecule has 0 unspecified atom stereocenters. The summed E-state index contributed by atoms with van der Waals surface area (Å²) < 4.78 is 0. The predicted molar refractivity (Wildman–Crippen MR) is 270 cm³/mol. The van der Waals surface area contributed by atoms with Crippen molar-refractivity contribution in [1.29, 1.82) is 0 Å². The highest BCUT2D eigenvalue weighted by Gasteiger charge is 2.35. The van der Waals surface area contributed by atoms with Crippen LogP contribution < -0.4 is 9.80 Å². The van der Waals surface area contributed by atoms with E-state index in [0.717, 1.165) is 36.3 Å². The van der Waals surface area contributed by atoms with Gasteiger partial charge < -0.3 is 9.80 Å². The van der Waals surface area contributed by atoms with Crippen LogP contribution in [0.3, 0.4) is 0 Å². The molecule has 1 aliphatic carbocycles. The first-order valence-corrected chi connectivity index (χ1v) is 23.4. The second kappa shape index (κ2) is 20.3. The van der Waals surface area contributed by atoms with Gasteiger partial charge in [-0.1, -0.05) is 156 Å². The zero-order valence-corrected chi connectivity index (χ0v) is 38.8. The number of nitrogens with zero attached hydrogens (tertiary/aromatic N) is 2. The van der Waals surface area contributed by atoms with Crippen molar-refractivity contribution in [3.63, 3.8) is 0 Å². The molecule has 0 N–H and O–H groups in total. The first-order chi connectivity index (χ1) is 30.1. The molecule has 2 nitrogen and oxygen atoms in total. The van der Waals surface area contributed by atoms with Gasteiger partial charge in [0.25, 0.3) is 0 Å². The van der Waals surface area contributed by atoms with E-state index in [1.165, 1.54) is 111 Å². The molecule has 1 aliphatic rings. The van der Waals surface area contributed by atoms with Crippen LogP contribution in [0.25, 0.3) is 11.1 Å². The number of aryl methyl sites for hydroxylation is 6. The molecular weight excluding hydrogens is 749 g/mol. The molecule has 318 valence electrons. The van der Waals surface area contributed by atoms with Gasteiger partial charge in [-0.3, -0.25) is 0 Å². The fourth-order valence-electron chi connectivity index (χ4n) is 8.88. The van der Waals surface area contributed by atoms with Crippen LogP contribution in [0.4, 0.5) is 34.1 Å². The SMILES string of the molecule is CCCCc1ccc(N(c2ccc(C)cc2)c2ccc(N(c3ccc(CCCC)cc3)c3ccc(CCCC)cc3)cc2)cc1.Cc1ccc2c(c1)C(C)(C)c1cc(C)ccc1-2. The number of hydrogen-bond donors (Lipinski definition) is 0. The first kappa shape index (κ1) is 44.2. The number of anilines is 6. The summed E-state index contributed by atoms with van der Waals surface area (Å²) in [5.41, 5.74) is 21.1. The zero-order chi connectivity index (χ0) is 43.6. The van der Waals surface area contributed by atoms with Gasteiger partial charge in [-0.25, -0.2) is 0 Å². The Bertz CT molecular complexity index is 2380. The van der Waals surface area contributed by atoms with Gasteiger partial charge in [0.05, 0.1) is 0 Å². The quantitative estimate of drug-likeness (QED) is 0.102. The number of benzene rings is 7. The summed E-state index contributed by atoms with van der Waals surface area (Å²) >= 11 is 0. The lowest BCUT2D eigenvalue weighted by atomic mass is 9.81. The number of rotatable bonds is 15. The molecule has 0 amide bonds. The molecule has 0 bridgehead atoms. The van der Waals surface area contributed by atoms with E-state index < -0.39 is 0 Å². The van der Waals surface area contributed by atoms with Crippen molar-refractivity contribution < 1.29 is 0 Å². The molecule has 0 aromatic heterocycles. The molecule has 7 aromatic rings. The van der Waals surface area contributed by atoms with Gasteiger partial charge in [-0.2, -0.15) is 0 Å². The van der Waals surface area contributed by atoms with E-state index in [0.29, 0.717) is 0 Å². The van der Waals surface area contributed by atoms with Crippen LogP contribution in [0.5, 0.6) is 0 Å². The van der Waals surface area contributed by atoms with Crippen molar-refractivity contribution in [2.75, 3.05) is 9.80 Å². The minimum Gasteiger partial charge on any atom is -0.311 e. The molecule has 0 aliphatic heterocycles. The number of unbranched alkanes of at least 4 members (excludes halogenated alkanes) is 3. The molecule has 0 radical (unpaired) electrons. The van der Waals surface area contributed by atoms with Crippen LogP contribution in [0, 0.1) is 20.8 Å². The molecule has 7 aromatic carbocycles. The maximum atomic E-state index is 2.38. The lowest BCUT2D eigenvalue weighted by Crippen LogP contribution is -2.15. The monoisotopic (exact) mass is 817 g/mol. The molecule has 0 saturated carbocycles. The van der Waals surface area contributed by atoms with Crippen molar-refractivity contribution >= 4 is 34.1 Å². The molecule has 0 saturated heterocycles. The second-order valence-electron chi connectivity index (χ2n) is 18.1. The van der Waals surface area contributed by atoms with Gasteiger partial charge in [-0.15, -0.1) is 0 Å². The summed E-state index contributed by atoms with van der Waals surface area (Å²) in [7, 11) is 0. The highest BCUT2D eigenvalue weighted by atomic mass is 15.2. The summed E-state index contributed by atoms with van der Waals surface area (Å²) in [6.07, 6.45) is 10.7. The van der Waals surface area contributed by atoms with Crippen molar-refractivity contribution in [2.45, 2.75) is 119 Å². The van der Waals surface area contributed by atoms with Crippen molar-refractivity contribution in [2.24, 2.45) is 0 Å². The lowest BCUT2D eigenvalue weighted by molar-refractivity contribution is 0.659. The smallest absolute Gasteiger partial charge is 0.0463 e. The first-order valence-electron chi connectivity index (χ1n) is 23.4. The molecular formula is C60H68N2. The third kappa shape index (κ3) is 10.2. The van der Waals surface area contributed by atoms with Crippen molar-refractivity contribution in [1.82, 2.24) is 0 Å². The molecule has 8 rings (SSSR count). The Kier molecular flexibility index (Phi) is 14.5. The minimum atomic E-state index is 0.142. The van der Waals surface area contributed by atoms with Crippen molar-refractivity contribution in [3.8, 4) is 11.1 Å². The largest absolute Gasteiger partial charge is 0.311 e. The highest BCUT2D eigenvalue weighted by molar-refractivity contribution is 5.82. The Morgan fingerprint density at radius 2 is 0.597 bits per heavy atom. The molecule has 62 heavy (non-hydrogen) atoms. The third-order valence-corrected chi connectivity index (χ3v) is 12.7. The van der Waals surface area contributed by atoms with E-state index in [2.05, 4.69) is 223 Å². The van der Waals surface area contributed by atoms with E-state index >= 15 is 0 Å². The fourth-order valence-corrected chi connectivity index (χ4v) is 8.88. The zero-order valence-electron chi connectivity index (χ0n) is 38.8. The van der Waals surface area contributed by atoms with Crippen LogP contribution in [-0.4, -0.2) is 0 Å². The van der Waals surface area contributed by atoms with Gasteiger partial charge >= 0.3 is 0 Å². The number of hydrogen-bond acceptors (Lipinski definition) is 2. The highest BCUT2D eigenvalue weighted by Crippen LogP contribution is 2.49. The van der Waals surface area contributed by atoms with E-state index in [1.54, 1.807) is 0 Å². The molecule has 0 spiro atoms. The van der Waals surface area contributed by atoms with Gasteiger partial charge in [0.1, 0.15) is 0 Å². The molecule has 2 heteroatoms. The van der Waals surface area contributed by atoms with Crippen LogP contribution in [0.2, 0.25) is 0 Å². The van der Waals surface area contributed by atoms with Crippen LogP contribution >= 0.6 is 0 Å². The van der Waals surface area contributed by atoms with Gasteiger partial charge in [0, 0.05) is 39.5 Å². The second-order valence-corrected chi connectivity index (χ2v) is 18.1. The van der Waals surface area contributed by atoms with E-state index in [4.69, 9.17) is 0 Å². The predicted octanol–water partition coefficient (Wildman–Crippen LogP) is 17.6. The number of fused-ring (bicyclic) bond motifs is 3. The van der Waals surface area contributed by atoms with E-state index in [9.17, 15) is 0 Å². The van der Waals surface area contributed by atoms with Gasteiger partial charge in [0.15, 0.2) is 0 Å². The minimum absolute atomic E-state index is 0.142. The lowest BCUT2D eigenvalue weighted by Gasteiger charge is -2.28. The molecule has 0 atom stereocenters. The maximum absolute atomic E-state index is 2.38. The fraction of sp³-hybridized carbons (Fsp3) is 0.300. The summed E-state index contributed by atoms with van der Waals surface area (Å²) in [4.78, 5) is 4.75. The van der Waals surface area contributed by atoms with Crippen LogP contribution in [0.1, 0.15) is 118 Å². The molecule has 0 fully saturated rings. The van der Waals surface area contributed by atoms with Crippen molar-refractivity contribution in [3.05, 3.63) is 202 Å². The van der Waals surface area contributed by atoms with Crippen LogP contribution in [0.15, 0.2) is 158 Å². The Morgan fingerprint density at radius 3 is 0.887 bits per heavy atom. The standard InChI is InChI=1S/C43H50N2.C17H18/c1-5-8-11-35-16-24-39(25-17-35)44(38-22-14-34(4)15-23-38)42-30-32-43(33-31-42)45(40-26-18-36(19-27-40)12-9-6-2)41-28-20-37(21-29-41)13-10-7-3;1-11-5-7-13-14-8-6-12(2)10-16(14)17(3,4)15(13)9-11/h14-33H,5-13H2,1-4H3;5-10H,1-4H3. The topological polar surface area (TPSA) is 6.48 Å². The average Bonchev–Trinajstić information content (AvgIpc) is 3.51. The average molecular weight is 817 g/mol. The van der Waals surface area contributed by atoms with Gasteiger partial charge in [0.2, 0.25) is 0 Å². The van der Waals surface area contributed by atoms with E-state index in [-0.39, 0.29) is 5.41 Å². The summed E-state index contributed by atoms with van der Waals surface area (Å²) in [6, 6.07) is 59.0. The summed E-state index contributed by atoms with van der Waals surface area (Å²) in [6.45, 7) is 17.9. The van der Waals surface area contributed by atoms with Crippen LogP contribution in [-0.2, 0) is 24.7 Å². The van der Waals surface area contributed by atoms with E-state index in [1.807, 2.05) is 0 Å². The maximum Gasteiger partial charge on any atom is 0.0463 e. The Morgan fingerprint density at radius 1 is 0.339 bits per heavy atom. The normalized spacial score (nSPS) is 12.3. The Hall–Kier alpha value is -5.86. The Labute approximate surface area is 374 Å². The summed E-state index contributed by atoms with van der Waals surface area (Å²) in [5, 5.41) is 0.